The zero-order valence-electron chi connectivity index (χ0n) is 15.6. The Kier molecular flexibility index (Phi) is 6.59. The minimum Gasteiger partial charge on any atom is -0.353 e. The summed E-state index contributed by atoms with van der Waals surface area (Å²) < 4.78 is 14.2. The van der Waals surface area contributed by atoms with E-state index >= 15 is 0 Å². The van der Waals surface area contributed by atoms with Gasteiger partial charge in [0.05, 0.1) is 12.5 Å². The summed E-state index contributed by atoms with van der Waals surface area (Å²) >= 11 is 6.13. The van der Waals surface area contributed by atoms with Crippen LogP contribution in [-0.4, -0.2) is 52.8 Å². The number of carbonyl (C=O) groups excluding carboxylic acids is 2. The Labute approximate surface area is 168 Å². The largest absolute Gasteiger partial charge is 0.353 e. The van der Waals surface area contributed by atoms with Crippen molar-refractivity contribution in [2.45, 2.75) is 25.6 Å². The number of piperazine rings is 1. The van der Waals surface area contributed by atoms with Crippen molar-refractivity contribution in [2.75, 3.05) is 20.1 Å². The zero-order chi connectivity index (χ0) is 20.1. The molecule has 2 aromatic rings. The summed E-state index contributed by atoms with van der Waals surface area (Å²) in [6, 6.07) is 7.52. The lowest BCUT2D eigenvalue weighted by atomic mass is 10.1. The highest BCUT2D eigenvalue weighted by Gasteiger charge is 2.33. The second-order valence-corrected chi connectivity index (χ2v) is 7.20. The van der Waals surface area contributed by atoms with Gasteiger partial charge in [-0.2, -0.15) is 0 Å². The van der Waals surface area contributed by atoms with E-state index in [0.29, 0.717) is 30.2 Å². The van der Waals surface area contributed by atoms with E-state index in [-0.39, 0.29) is 24.8 Å². The second-order valence-electron chi connectivity index (χ2n) is 6.79. The third kappa shape index (κ3) is 4.85. The molecule has 148 valence electrons. The Hall–Kier alpha value is -2.51. The Morgan fingerprint density at radius 1 is 1.39 bits per heavy atom. The molecule has 1 aliphatic heterocycles. The van der Waals surface area contributed by atoms with Crippen LogP contribution in [0.15, 0.2) is 42.7 Å². The van der Waals surface area contributed by atoms with E-state index in [1.165, 1.54) is 6.07 Å². The molecule has 0 aliphatic carbocycles. The van der Waals surface area contributed by atoms with E-state index in [9.17, 15) is 14.0 Å². The molecule has 3 rings (SSSR count). The van der Waals surface area contributed by atoms with Gasteiger partial charge in [0, 0.05) is 56.2 Å². The SMILES string of the molecule is CN(Cc1cccnc1)C(=O)C[C@H]1C(=O)NCCN1Cc1c(F)cccc1Cl. The van der Waals surface area contributed by atoms with Gasteiger partial charge >= 0.3 is 0 Å². The van der Waals surface area contributed by atoms with Crippen LogP contribution in [0.1, 0.15) is 17.5 Å². The number of rotatable bonds is 6. The van der Waals surface area contributed by atoms with Crippen LogP contribution >= 0.6 is 11.6 Å². The lowest BCUT2D eigenvalue weighted by Crippen LogP contribution is -2.56. The molecule has 28 heavy (non-hydrogen) atoms. The van der Waals surface area contributed by atoms with E-state index in [1.54, 1.807) is 41.4 Å². The number of hydrogen-bond acceptors (Lipinski definition) is 4. The molecule has 0 radical (unpaired) electrons. The van der Waals surface area contributed by atoms with Crippen LogP contribution in [0, 0.1) is 5.82 Å². The van der Waals surface area contributed by atoms with E-state index in [4.69, 9.17) is 11.6 Å². The third-order valence-corrected chi connectivity index (χ3v) is 5.15. The van der Waals surface area contributed by atoms with Crippen molar-refractivity contribution in [3.8, 4) is 0 Å². The van der Waals surface area contributed by atoms with Gasteiger partial charge in [0.1, 0.15) is 5.82 Å². The number of halogens is 2. The Balaban J connectivity index is 1.70. The van der Waals surface area contributed by atoms with Crippen LogP contribution in [0.4, 0.5) is 4.39 Å². The van der Waals surface area contributed by atoms with Crippen molar-refractivity contribution >= 4 is 23.4 Å². The Bertz CT molecular complexity index is 829. The molecule has 1 N–H and O–H groups in total. The van der Waals surface area contributed by atoms with Gasteiger partial charge in [0.15, 0.2) is 0 Å². The molecule has 2 heterocycles. The summed E-state index contributed by atoms with van der Waals surface area (Å²) in [5.41, 5.74) is 1.24. The standard InChI is InChI=1S/C20H22ClFN4O2/c1-25(12-14-4-3-7-23-11-14)19(27)10-18-20(28)24-8-9-26(18)13-15-16(21)5-2-6-17(15)22/h2-7,11,18H,8-10,12-13H2,1H3,(H,24,28)/t18-/m0/s1. The van der Waals surface area contributed by atoms with Crippen LogP contribution in [0.25, 0.3) is 0 Å². The maximum absolute atomic E-state index is 14.2. The number of aromatic nitrogens is 1. The average Bonchev–Trinajstić information content (AvgIpc) is 2.68. The van der Waals surface area contributed by atoms with Crippen LogP contribution < -0.4 is 5.32 Å². The molecule has 0 saturated carbocycles. The number of hydrogen-bond donors (Lipinski definition) is 1. The molecule has 1 aromatic carbocycles. The lowest BCUT2D eigenvalue weighted by molar-refractivity contribution is -0.138. The Morgan fingerprint density at radius 2 is 2.21 bits per heavy atom. The van der Waals surface area contributed by atoms with Crippen molar-refractivity contribution in [1.82, 2.24) is 20.1 Å². The fourth-order valence-corrected chi connectivity index (χ4v) is 3.46. The molecule has 1 aliphatic rings. The molecule has 1 aromatic heterocycles. The molecule has 0 spiro atoms. The highest BCUT2D eigenvalue weighted by atomic mass is 35.5. The van der Waals surface area contributed by atoms with E-state index in [2.05, 4.69) is 10.3 Å². The van der Waals surface area contributed by atoms with Crippen molar-refractivity contribution in [2.24, 2.45) is 0 Å². The van der Waals surface area contributed by atoms with E-state index in [1.807, 2.05) is 12.1 Å². The number of pyridine rings is 1. The monoisotopic (exact) mass is 404 g/mol. The first-order valence-electron chi connectivity index (χ1n) is 9.03. The molecule has 0 bridgehead atoms. The van der Waals surface area contributed by atoms with E-state index < -0.39 is 11.9 Å². The summed E-state index contributed by atoms with van der Waals surface area (Å²) in [6.07, 6.45) is 3.38. The zero-order valence-corrected chi connectivity index (χ0v) is 16.3. The van der Waals surface area contributed by atoms with Crippen molar-refractivity contribution in [1.29, 1.82) is 0 Å². The van der Waals surface area contributed by atoms with Crippen molar-refractivity contribution in [3.63, 3.8) is 0 Å². The van der Waals surface area contributed by atoms with Crippen LogP contribution in [0.5, 0.6) is 0 Å². The summed E-state index contributed by atoms with van der Waals surface area (Å²) in [5.74, 6) is -0.824. The molecule has 8 heteroatoms. The van der Waals surface area contributed by atoms with Gasteiger partial charge in [-0.3, -0.25) is 19.5 Å². The predicted molar refractivity (Wildman–Crippen MR) is 104 cm³/mol. The molecule has 0 unspecified atom stereocenters. The van der Waals surface area contributed by atoms with Gasteiger partial charge in [0.2, 0.25) is 11.8 Å². The van der Waals surface area contributed by atoms with E-state index in [0.717, 1.165) is 5.56 Å². The molecule has 1 saturated heterocycles. The summed E-state index contributed by atoms with van der Waals surface area (Å²) in [5, 5.41) is 3.09. The molecule has 2 amide bonds. The van der Waals surface area contributed by atoms with Gasteiger partial charge in [0.25, 0.3) is 0 Å². The lowest BCUT2D eigenvalue weighted by Gasteiger charge is -2.35. The van der Waals surface area contributed by atoms with Crippen LogP contribution in [0.3, 0.4) is 0 Å². The average molecular weight is 405 g/mol. The summed E-state index contributed by atoms with van der Waals surface area (Å²) in [4.78, 5) is 32.5. The summed E-state index contributed by atoms with van der Waals surface area (Å²) in [6.45, 7) is 1.53. The molecular formula is C20H22ClFN4O2. The van der Waals surface area contributed by atoms with Gasteiger partial charge in [-0.15, -0.1) is 0 Å². The quantitative estimate of drug-likeness (QED) is 0.801. The van der Waals surface area contributed by atoms with Gasteiger partial charge < -0.3 is 10.2 Å². The predicted octanol–water partition coefficient (Wildman–Crippen LogP) is 2.22. The van der Waals surface area contributed by atoms with Crippen LogP contribution in [0.2, 0.25) is 5.02 Å². The fourth-order valence-electron chi connectivity index (χ4n) is 3.23. The first-order valence-corrected chi connectivity index (χ1v) is 9.41. The number of carbonyl (C=O) groups is 2. The fraction of sp³-hybridized carbons (Fsp3) is 0.350. The first kappa shape index (κ1) is 20.2. The van der Waals surface area contributed by atoms with Gasteiger partial charge in [-0.05, 0) is 23.8 Å². The van der Waals surface area contributed by atoms with Gasteiger partial charge in [-0.1, -0.05) is 23.7 Å². The van der Waals surface area contributed by atoms with Crippen LogP contribution in [-0.2, 0) is 22.7 Å². The summed E-state index contributed by atoms with van der Waals surface area (Å²) in [7, 11) is 1.69. The minimum absolute atomic E-state index is 0.00860. The van der Waals surface area contributed by atoms with Crippen molar-refractivity contribution in [3.05, 3.63) is 64.7 Å². The second kappa shape index (κ2) is 9.12. The number of benzene rings is 1. The molecule has 1 fully saturated rings. The maximum Gasteiger partial charge on any atom is 0.237 e. The number of nitrogens with zero attached hydrogens (tertiary/aromatic N) is 3. The number of nitrogens with one attached hydrogen (secondary N) is 1. The molecular weight excluding hydrogens is 383 g/mol. The number of amides is 2. The third-order valence-electron chi connectivity index (χ3n) is 4.80. The highest BCUT2D eigenvalue weighted by Crippen LogP contribution is 2.23. The Morgan fingerprint density at radius 3 is 2.93 bits per heavy atom. The maximum atomic E-state index is 14.2. The smallest absolute Gasteiger partial charge is 0.237 e. The highest BCUT2D eigenvalue weighted by molar-refractivity contribution is 6.31. The minimum atomic E-state index is -0.673. The first-order chi connectivity index (χ1) is 13.5. The molecule has 6 nitrogen and oxygen atoms in total. The van der Waals surface area contributed by atoms with Gasteiger partial charge in [-0.25, -0.2) is 4.39 Å². The normalized spacial score (nSPS) is 17.2. The molecule has 1 atom stereocenters. The topological polar surface area (TPSA) is 65.5 Å². The van der Waals surface area contributed by atoms with Crippen molar-refractivity contribution < 1.29 is 14.0 Å².